The maximum absolute atomic E-state index is 6.31. The van der Waals surface area contributed by atoms with E-state index in [4.69, 9.17) is 10.7 Å². The normalized spacial score (nSPS) is 18.4. The summed E-state index contributed by atoms with van der Waals surface area (Å²) in [6.45, 7) is 7.53. The van der Waals surface area contributed by atoms with Crippen molar-refractivity contribution in [1.29, 1.82) is 0 Å². The molecule has 1 unspecified atom stereocenters. The van der Waals surface area contributed by atoms with Crippen molar-refractivity contribution in [3.05, 3.63) is 35.2 Å². The van der Waals surface area contributed by atoms with Crippen molar-refractivity contribution in [2.24, 2.45) is 5.92 Å². The summed E-state index contributed by atoms with van der Waals surface area (Å²) in [6.07, 6.45) is 2.25. The van der Waals surface area contributed by atoms with Crippen LogP contribution in [0.1, 0.15) is 30.3 Å². The molecule has 0 amide bonds. The lowest BCUT2D eigenvalue weighted by atomic mass is 10.0. The minimum absolute atomic E-state index is 0.691. The predicted octanol–water partition coefficient (Wildman–Crippen LogP) is 3.33. The van der Waals surface area contributed by atoms with Gasteiger partial charge in [0.1, 0.15) is 17.3 Å². The number of imidazole rings is 1. The van der Waals surface area contributed by atoms with Crippen molar-refractivity contribution >= 4 is 5.82 Å². The lowest BCUT2D eigenvalue weighted by molar-refractivity contribution is 0.397. The number of rotatable bonds is 1. The first kappa shape index (κ1) is 12.3. The number of hydrogen-bond donors (Lipinski definition) is 1. The van der Waals surface area contributed by atoms with Gasteiger partial charge < -0.3 is 10.3 Å². The van der Waals surface area contributed by atoms with Crippen molar-refractivity contribution in [3.8, 4) is 11.3 Å². The highest BCUT2D eigenvalue weighted by Gasteiger charge is 2.22. The highest BCUT2D eigenvalue weighted by atomic mass is 15.1. The fraction of sp³-hybridized carbons (Fsp3) is 0.438. The Labute approximate surface area is 114 Å². The number of nitrogen functional groups attached to an aromatic ring is 1. The Kier molecular flexibility index (Phi) is 2.85. The molecule has 3 heteroatoms. The van der Waals surface area contributed by atoms with Crippen LogP contribution in [-0.4, -0.2) is 9.55 Å². The zero-order valence-corrected chi connectivity index (χ0v) is 11.9. The maximum Gasteiger partial charge on any atom is 0.131 e. The molecule has 0 radical (unpaired) electrons. The molecule has 100 valence electrons. The summed E-state index contributed by atoms with van der Waals surface area (Å²) >= 11 is 0. The van der Waals surface area contributed by atoms with Crippen LogP contribution in [0.5, 0.6) is 0 Å². The van der Waals surface area contributed by atoms with E-state index in [9.17, 15) is 0 Å². The van der Waals surface area contributed by atoms with Crippen LogP contribution >= 0.6 is 0 Å². The van der Waals surface area contributed by atoms with Gasteiger partial charge in [-0.25, -0.2) is 4.98 Å². The predicted molar refractivity (Wildman–Crippen MR) is 79.0 cm³/mol. The molecule has 0 aliphatic carbocycles. The number of aromatic nitrogens is 2. The minimum atomic E-state index is 0.691. The Morgan fingerprint density at radius 3 is 2.79 bits per heavy atom. The van der Waals surface area contributed by atoms with Gasteiger partial charge >= 0.3 is 0 Å². The molecule has 0 fully saturated rings. The van der Waals surface area contributed by atoms with E-state index in [0.717, 1.165) is 35.9 Å². The highest BCUT2D eigenvalue weighted by molar-refractivity contribution is 5.72. The largest absolute Gasteiger partial charge is 0.383 e. The number of hydrogen-bond acceptors (Lipinski definition) is 2. The first-order valence-electron chi connectivity index (χ1n) is 6.98. The summed E-state index contributed by atoms with van der Waals surface area (Å²) in [5, 5.41) is 0. The van der Waals surface area contributed by atoms with Crippen LogP contribution in [0.2, 0.25) is 0 Å². The lowest BCUT2D eigenvalue weighted by Crippen LogP contribution is -2.19. The molecule has 1 atom stereocenters. The fourth-order valence-corrected chi connectivity index (χ4v) is 2.79. The molecule has 2 N–H and O–H groups in total. The molecule has 2 aromatic rings. The molecule has 3 nitrogen and oxygen atoms in total. The molecule has 1 aliphatic rings. The van der Waals surface area contributed by atoms with Gasteiger partial charge in [-0.1, -0.05) is 19.1 Å². The maximum atomic E-state index is 6.31. The first-order valence-corrected chi connectivity index (χ1v) is 6.98. The van der Waals surface area contributed by atoms with Crippen molar-refractivity contribution in [2.75, 3.05) is 5.73 Å². The fourth-order valence-electron chi connectivity index (χ4n) is 2.79. The number of nitrogens with zero attached hydrogens (tertiary/aromatic N) is 2. The molecule has 3 rings (SSSR count). The van der Waals surface area contributed by atoms with Crippen molar-refractivity contribution in [3.63, 3.8) is 0 Å². The molecular weight excluding hydrogens is 234 g/mol. The lowest BCUT2D eigenvalue weighted by Gasteiger charge is -2.20. The molecule has 19 heavy (non-hydrogen) atoms. The first-order chi connectivity index (χ1) is 9.06. The van der Waals surface area contributed by atoms with E-state index >= 15 is 0 Å². The summed E-state index contributed by atoms with van der Waals surface area (Å²) in [5.74, 6) is 2.66. The van der Waals surface area contributed by atoms with Crippen LogP contribution in [0, 0.1) is 19.8 Å². The van der Waals surface area contributed by atoms with E-state index in [0.29, 0.717) is 5.92 Å². The van der Waals surface area contributed by atoms with Crippen LogP contribution in [0.4, 0.5) is 5.82 Å². The smallest absolute Gasteiger partial charge is 0.131 e. The molecule has 1 aromatic carbocycles. The Bertz CT molecular complexity index is 625. The van der Waals surface area contributed by atoms with E-state index in [-0.39, 0.29) is 0 Å². The van der Waals surface area contributed by atoms with Gasteiger partial charge in [0.05, 0.1) is 0 Å². The molecule has 1 aromatic heterocycles. The average molecular weight is 255 g/mol. The summed E-state index contributed by atoms with van der Waals surface area (Å²) in [7, 11) is 0. The van der Waals surface area contributed by atoms with Gasteiger partial charge in [0.2, 0.25) is 0 Å². The van der Waals surface area contributed by atoms with Crippen molar-refractivity contribution in [2.45, 2.75) is 40.2 Å². The molecule has 1 aliphatic heterocycles. The Hall–Kier alpha value is -1.77. The summed E-state index contributed by atoms with van der Waals surface area (Å²) in [5.41, 5.74) is 11.0. The number of benzene rings is 1. The van der Waals surface area contributed by atoms with Crippen LogP contribution in [-0.2, 0) is 13.0 Å². The Morgan fingerprint density at radius 2 is 2.05 bits per heavy atom. The quantitative estimate of drug-likeness (QED) is 0.849. The summed E-state index contributed by atoms with van der Waals surface area (Å²) in [4.78, 5) is 4.76. The van der Waals surface area contributed by atoms with Gasteiger partial charge in [0.15, 0.2) is 0 Å². The summed E-state index contributed by atoms with van der Waals surface area (Å²) in [6, 6.07) is 6.45. The zero-order chi connectivity index (χ0) is 13.6. The topological polar surface area (TPSA) is 43.8 Å². The van der Waals surface area contributed by atoms with Crippen molar-refractivity contribution < 1.29 is 0 Å². The number of nitrogens with two attached hydrogens (primary N) is 1. The van der Waals surface area contributed by atoms with E-state index in [1.54, 1.807) is 0 Å². The van der Waals surface area contributed by atoms with E-state index < -0.39 is 0 Å². The number of fused-ring (bicyclic) bond motifs is 1. The van der Waals surface area contributed by atoms with E-state index in [1.807, 2.05) is 0 Å². The summed E-state index contributed by atoms with van der Waals surface area (Å²) < 4.78 is 2.19. The second kappa shape index (κ2) is 4.41. The zero-order valence-electron chi connectivity index (χ0n) is 11.9. The minimum Gasteiger partial charge on any atom is -0.383 e. The number of aryl methyl sites for hydroxylation is 3. The molecular formula is C16H21N3. The molecule has 0 spiro atoms. The van der Waals surface area contributed by atoms with Crippen molar-refractivity contribution in [1.82, 2.24) is 9.55 Å². The van der Waals surface area contributed by atoms with Crippen LogP contribution in [0.3, 0.4) is 0 Å². The number of anilines is 1. The van der Waals surface area contributed by atoms with Gasteiger partial charge in [-0.15, -0.1) is 0 Å². The third-order valence-electron chi connectivity index (χ3n) is 4.22. The van der Waals surface area contributed by atoms with Crippen LogP contribution < -0.4 is 5.73 Å². The third kappa shape index (κ3) is 2.03. The van der Waals surface area contributed by atoms with Gasteiger partial charge in [-0.3, -0.25) is 0 Å². The van der Waals surface area contributed by atoms with Crippen LogP contribution in [0.15, 0.2) is 18.2 Å². The van der Waals surface area contributed by atoms with Crippen LogP contribution in [0.25, 0.3) is 11.3 Å². The van der Waals surface area contributed by atoms with E-state index in [2.05, 4.69) is 43.5 Å². The molecule has 0 saturated heterocycles. The molecule has 2 heterocycles. The van der Waals surface area contributed by atoms with Gasteiger partial charge in [-0.2, -0.15) is 0 Å². The average Bonchev–Trinajstić information content (AvgIpc) is 2.70. The second-order valence-electron chi connectivity index (χ2n) is 5.82. The second-order valence-corrected chi connectivity index (χ2v) is 5.82. The monoisotopic (exact) mass is 255 g/mol. The molecule has 0 bridgehead atoms. The van der Waals surface area contributed by atoms with E-state index in [1.165, 1.54) is 17.5 Å². The SMILES string of the molecule is Cc1ccc(-c2nc3n(c2N)CC(C)CC3)cc1C. The standard InChI is InChI=1S/C16H21N3/c1-10-4-7-14-18-15(16(17)19(14)9-10)13-6-5-11(2)12(3)8-13/h5-6,8,10H,4,7,9,17H2,1-3H3. The van der Waals surface area contributed by atoms with Gasteiger partial charge in [0.25, 0.3) is 0 Å². The Morgan fingerprint density at radius 1 is 1.26 bits per heavy atom. The molecule has 0 saturated carbocycles. The third-order valence-corrected chi connectivity index (χ3v) is 4.22. The Balaban J connectivity index is 2.08. The highest BCUT2D eigenvalue weighted by Crippen LogP contribution is 2.31. The van der Waals surface area contributed by atoms with Gasteiger partial charge in [-0.05, 0) is 43.4 Å². The van der Waals surface area contributed by atoms with Gasteiger partial charge in [0, 0.05) is 18.5 Å².